The highest BCUT2D eigenvalue weighted by Gasteiger charge is 2.21. The van der Waals surface area contributed by atoms with Crippen LogP contribution in [0.25, 0.3) is 6.08 Å². The van der Waals surface area contributed by atoms with Gasteiger partial charge in [0.05, 0.1) is 20.6 Å². The van der Waals surface area contributed by atoms with Crippen molar-refractivity contribution >= 4 is 18.0 Å². The van der Waals surface area contributed by atoms with Crippen LogP contribution in [0.3, 0.4) is 0 Å². The molecule has 0 N–H and O–H groups in total. The summed E-state index contributed by atoms with van der Waals surface area (Å²) < 4.78 is 15.9. The Morgan fingerprint density at radius 2 is 1.78 bits per heavy atom. The number of carbonyl (C=O) groups is 2. The van der Waals surface area contributed by atoms with Gasteiger partial charge in [-0.05, 0) is 34.9 Å². The second kappa shape index (κ2) is 8.40. The number of rotatable bonds is 6. The third-order valence-corrected chi connectivity index (χ3v) is 4.28. The van der Waals surface area contributed by atoms with Gasteiger partial charge in [0.1, 0.15) is 13.2 Å². The van der Waals surface area contributed by atoms with E-state index in [0.29, 0.717) is 11.5 Å². The molecule has 1 heterocycles. The molecule has 2 aromatic rings. The first-order valence-corrected chi connectivity index (χ1v) is 8.53. The zero-order valence-corrected chi connectivity index (χ0v) is 15.3. The SMILES string of the molecule is COc1cc2c(cc1OC)CC(=O)N(CC(=O)OCc1ccccc1)C=C2. The van der Waals surface area contributed by atoms with E-state index in [4.69, 9.17) is 14.2 Å². The summed E-state index contributed by atoms with van der Waals surface area (Å²) in [4.78, 5) is 26.0. The molecule has 0 unspecified atom stereocenters. The minimum atomic E-state index is -0.460. The lowest BCUT2D eigenvalue weighted by Crippen LogP contribution is -2.32. The van der Waals surface area contributed by atoms with Gasteiger partial charge in [0.15, 0.2) is 11.5 Å². The predicted octanol–water partition coefficient (Wildman–Crippen LogP) is 2.80. The summed E-state index contributed by atoms with van der Waals surface area (Å²) in [5.74, 6) is 0.504. The zero-order valence-electron chi connectivity index (χ0n) is 15.3. The van der Waals surface area contributed by atoms with Gasteiger partial charge in [-0.1, -0.05) is 30.3 Å². The van der Waals surface area contributed by atoms with Crippen LogP contribution < -0.4 is 9.47 Å². The first-order valence-electron chi connectivity index (χ1n) is 8.53. The molecule has 0 bridgehead atoms. The van der Waals surface area contributed by atoms with Gasteiger partial charge >= 0.3 is 5.97 Å². The number of ether oxygens (including phenoxy) is 3. The van der Waals surface area contributed by atoms with Gasteiger partial charge in [-0.15, -0.1) is 0 Å². The van der Waals surface area contributed by atoms with E-state index in [1.807, 2.05) is 36.4 Å². The van der Waals surface area contributed by atoms with Crippen molar-refractivity contribution in [3.05, 3.63) is 65.4 Å². The number of amides is 1. The van der Waals surface area contributed by atoms with Crippen molar-refractivity contribution < 1.29 is 23.8 Å². The van der Waals surface area contributed by atoms with Crippen LogP contribution in [0.4, 0.5) is 0 Å². The van der Waals surface area contributed by atoms with Crippen LogP contribution in [0.15, 0.2) is 48.7 Å². The molecular formula is C21H21NO5. The Morgan fingerprint density at radius 1 is 1.07 bits per heavy atom. The maximum atomic E-state index is 12.5. The molecule has 0 aromatic heterocycles. The van der Waals surface area contributed by atoms with Crippen molar-refractivity contribution in [3.8, 4) is 11.5 Å². The highest BCUT2D eigenvalue weighted by molar-refractivity contribution is 5.87. The van der Waals surface area contributed by atoms with Gasteiger partial charge in [0, 0.05) is 6.20 Å². The minimum Gasteiger partial charge on any atom is -0.493 e. The Kier molecular flexibility index (Phi) is 5.76. The molecule has 0 spiro atoms. The smallest absolute Gasteiger partial charge is 0.326 e. The summed E-state index contributed by atoms with van der Waals surface area (Å²) in [6.45, 7) is 0.0461. The van der Waals surface area contributed by atoms with Crippen molar-refractivity contribution in [2.45, 2.75) is 13.0 Å². The van der Waals surface area contributed by atoms with Gasteiger partial charge < -0.3 is 19.1 Å². The lowest BCUT2D eigenvalue weighted by atomic mass is 10.0. The lowest BCUT2D eigenvalue weighted by Gasteiger charge is -2.16. The molecule has 27 heavy (non-hydrogen) atoms. The number of benzene rings is 2. The van der Waals surface area contributed by atoms with Gasteiger partial charge in [-0.25, -0.2) is 0 Å². The normalized spacial score (nSPS) is 13.0. The summed E-state index contributed by atoms with van der Waals surface area (Å²) in [5.41, 5.74) is 2.56. The Balaban J connectivity index is 1.67. The van der Waals surface area contributed by atoms with Gasteiger partial charge in [0.25, 0.3) is 0 Å². The molecule has 2 aromatic carbocycles. The van der Waals surface area contributed by atoms with Crippen molar-refractivity contribution in [2.75, 3.05) is 20.8 Å². The molecule has 1 amide bonds. The minimum absolute atomic E-state index is 0.134. The molecule has 140 valence electrons. The van der Waals surface area contributed by atoms with Crippen LogP contribution >= 0.6 is 0 Å². The fourth-order valence-corrected chi connectivity index (χ4v) is 2.83. The highest BCUT2D eigenvalue weighted by Crippen LogP contribution is 2.32. The molecule has 6 heteroatoms. The van der Waals surface area contributed by atoms with Crippen molar-refractivity contribution in [2.24, 2.45) is 0 Å². The molecule has 3 rings (SSSR count). The van der Waals surface area contributed by atoms with E-state index in [-0.39, 0.29) is 25.5 Å². The van der Waals surface area contributed by atoms with E-state index in [2.05, 4.69) is 0 Å². The van der Waals surface area contributed by atoms with Crippen molar-refractivity contribution in [1.82, 2.24) is 4.90 Å². The van der Waals surface area contributed by atoms with E-state index in [9.17, 15) is 9.59 Å². The molecule has 0 atom stereocenters. The monoisotopic (exact) mass is 367 g/mol. The first-order chi connectivity index (χ1) is 13.1. The summed E-state index contributed by atoms with van der Waals surface area (Å²) in [5, 5.41) is 0. The molecular weight excluding hydrogens is 346 g/mol. The number of hydrogen-bond donors (Lipinski definition) is 0. The number of nitrogens with zero attached hydrogens (tertiary/aromatic N) is 1. The van der Waals surface area contributed by atoms with E-state index in [1.54, 1.807) is 32.6 Å². The molecule has 0 saturated heterocycles. The summed E-state index contributed by atoms with van der Waals surface area (Å²) in [6.07, 6.45) is 3.55. The second-order valence-corrected chi connectivity index (χ2v) is 6.07. The molecule has 0 saturated carbocycles. The summed E-state index contributed by atoms with van der Waals surface area (Å²) >= 11 is 0. The number of hydrogen-bond acceptors (Lipinski definition) is 5. The molecule has 0 aliphatic carbocycles. The van der Waals surface area contributed by atoms with Crippen LogP contribution in [0.1, 0.15) is 16.7 Å². The third-order valence-electron chi connectivity index (χ3n) is 4.28. The Labute approximate surface area is 158 Å². The Hall–Kier alpha value is -3.28. The number of esters is 1. The van der Waals surface area contributed by atoms with Gasteiger partial charge in [0.2, 0.25) is 5.91 Å². The average Bonchev–Trinajstić information content (AvgIpc) is 2.84. The summed E-state index contributed by atoms with van der Waals surface area (Å²) in [7, 11) is 3.11. The van der Waals surface area contributed by atoms with E-state index < -0.39 is 5.97 Å². The van der Waals surface area contributed by atoms with Crippen LogP contribution in [0, 0.1) is 0 Å². The Bertz CT molecular complexity index is 860. The molecule has 1 aliphatic heterocycles. The molecule has 6 nitrogen and oxygen atoms in total. The number of fused-ring (bicyclic) bond motifs is 1. The third kappa shape index (κ3) is 4.47. The van der Waals surface area contributed by atoms with E-state index in [0.717, 1.165) is 16.7 Å². The molecule has 0 radical (unpaired) electrons. The largest absolute Gasteiger partial charge is 0.493 e. The zero-order chi connectivity index (χ0) is 19.2. The number of methoxy groups -OCH3 is 2. The summed E-state index contributed by atoms with van der Waals surface area (Å²) in [6, 6.07) is 13.0. The fourth-order valence-electron chi connectivity index (χ4n) is 2.83. The predicted molar refractivity (Wildman–Crippen MR) is 100 cm³/mol. The Morgan fingerprint density at radius 3 is 2.48 bits per heavy atom. The quantitative estimate of drug-likeness (QED) is 0.735. The van der Waals surface area contributed by atoms with Crippen molar-refractivity contribution in [1.29, 1.82) is 0 Å². The number of carbonyl (C=O) groups excluding carboxylic acids is 2. The lowest BCUT2D eigenvalue weighted by molar-refractivity contribution is -0.148. The first kappa shape index (κ1) is 18.5. The standard InChI is InChI=1S/C21H21NO5/c1-25-18-10-16-8-9-22(20(23)12-17(16)11-19(18)26-2)13-21(24)27-14-15-6-4-3-5-7-15/h3-11H,12-14H2,1-2H3. The van der Waals surface area contributed by atoms with Gasteiger partial charge in [-0.2, -0.15) is 0 Å². The van der Waals surface area contributed by atoms with Crippen LogP contribution in [-0.2, 0) is 27.4 Å². The fraction of sp³-hybridized carbons (Fsp3) is 0.238. The topological polar surface area (TPSA) is 65.1 Å². The van der Waals surface area contributed by atoms with E-state index in [1.165, 1.54) is 4.90 Å². The average molecular weight is 367 g/mol. The van der Waals surface area contributed by atoms with Crippen LogP contribution in [0.5, 0.6) is 11.5 Å². The van der Waals surface area contributed by atoms with Crippen LogP contribution in [-0.4, -0.2) is 37.5 Å². The molecule has 0 fully saturated rings. The van der Waals surface area contributed by atoms with Crippen LogP contribution in [0.2, 0.25) is 0 Å². The van der Waals surface area contributed by atoms with Gasteiger partial charge in [-0.3, -0.25) is 9.59 Å². The highest BCUT2D eigenvalue weighted by atomic mass is 16.5. The van der Waals surface area contributed by atoms with E-state index >= 15 is 0 Å². The van der Waals surface area contributed by atoms with Crippen molar-refractivity contribution in [3.63, 3.8) is 0 Å². The maximum absolute atomic E-state index is 12.5. The molecule has 1 aliphatic rings. The second-order valence-electron chi connectivity index (χ2n) is 6.07. The maximum Gasteiger partial charge on any atom is 0.326 e.